The van der Waals surface area contributed by atoms with Crippen LogP contribution in [0.2, 0.25) is 0 Å². The van der Waals surface area contributed by atoms with Crippen molar-refractivity contribution in [2.24, 2.45) is 5.92 Å². The number of alkyl halides is 1. The Hall–Kier alpha value is 0.170. The lowest BCUT2D eigenvalue weighted by Gasteiger charge is -2.34. The van der Waals surface area contributed by atoms with Gasteiger partial charge >= 0.3 is 0 Å². The van der Waals surface area contributed by atoms with E-state index in [1.165, 1.54) is 0 Å². The summed E-state index contributed by atoms with van der Waals surface area (Å²) >= 11 is 5.50. The van der Waals surface area contributed by atoms with Crippen LogP contribution in [0.3, 0.4) is 0 Å². The van der Waals surface area contributed by atoms with Crippen molar-refractivity contribution < 1.29 is 10.2 Å². The fourth-order valence-electron chi connectivity index (χ4n) is 1.09. The van der Waals surface area contributed by atoms with Crippen LogP contribution >= 0.6 is 11.6 Å². The average Bonchev–Trinajstić information content (AvgIpc) is 1.87. The standard InChI is InChI=1S/C6H12ClNO2/c7-3-5-4-8-2-1-6(5,9)10/h5,8-10H,1-4H2. The van der Waals surface area contributed by atoms with Crippen molar-refractivity contribution in [3.05, 3.63) is 0 Å². The summed E-state index contributed by atoms with van der Waals surface area (Å²) in [5.74, 6) is -1.49. The van der Waals surface area contributed by atoms with E-state index in [2.05, 4.69) is 5.32 Å². The van der Waals surface area contributed by atoms with Crippen LogP contribution < -0.4 is 5.32 Å². The molecule has 1 rings (SSSR count). The van der Waals surface area contributed by atoms with Crippen molar-refractivity contribution >= 4 is 11.6 Å². The maximum absolute atomic E-state index is 9.27. The molecule has 3 N–H and O–H groups in total. The highest BCUT2D eigenvalue weighted by molar-refractivity contribution is 6.18. The first-order chi connectivity index (χ1) is 4.67. The zero-order valence-corrected chi connectivity index (χ0v) is 6.43. The molecule has 1 aliphatic rings. The van der Waals surface area contributed by atoms with E-state index >= 15 is 0 Å². The summed E-state index contributed by atoms with van der Waals surface area (Å²) in [5.41, 5.74) is 0. The molecular formula is C6H12ClNO2. The van der Waals surface area contributed by atoms with Gasteiger partial charge in [0.15, 0.2) is 5.79 Å². The van der Waals surface area contributed by atoms with E-state index in [-0.39, 0.29) is 5.92 Å². The predicted molar refractivity (Wildman–Crippen MR) is 38.9 cm³/mol. The quantitative estimate of drug-likeness (QED) is 0.363. The van der Waals surface area contributed by atoms with Crippen LogP contribution in [0.25, 0.3) is 0 Å². The van der Waals surface area contributed by atoms with Crippen molar-refractivity contribution in [1.82, 2.24) is 5.32 Å². The molecule has 4 heteroatoms. The van der Waals surface area contributed by atoms with Crippen molar-refractivity contribution in [3.63, 3.8) is 0 Å². The Bertz CT molecular complexity index is 118. The SMILES string of the molecule is OC1(O)CCNCC1CCl. The third kappa shape index (κ3) is 1.61. The number of rotatable bonds is 1. The molecule has 1 saturated heterocycles. The van der Waals surface area contributed by atoms with Gasteiger partial charge in [-0.1, -0.05) is 0 Å². The van der Waals surface area contributed by atoms with Crippen LogP contribution in [0.5, 0.6) is 0 Å². The first kappa shape index (κ1) is 8.27. The molecule has 0 amide bonds. The summed E-state index contributed by atoms with van der Waals surface area (Å²) in [5, 5.41) is 21.6. The summed E-state index contributed by atoms with van der Waals surface area (Å²) in [6, 6.07) is 0. The molecule has 0 aromatic carbocycles. The van der Waals surface area contributed by atoms with E-state index in [0.717, 1.165) is 0 Å². The Labute approximate surface area is 65.0 Å². The third-order valence-corrected chi connectivity index (χ3v) is 2.27. The van der Waals surface area contributed by atoms with Gasteiger partial charge in [0.2, 0.25) is 0 Å². The van der Waals surface area contributed by atoms with Crippen molar-refractivity contribution in [3.8, 4) is 0 Å². The minimum absolute atomic E-state index is 0.233. The van der Waals surface area contributed by atoms with E-state index in [1.54, 1.807) is 0 Å². The molecule has 1 atom stereocenters. The Morgan fingerprint density at radius 1 is 1.60 bits per heavy atom. The molecule has 0 aromatic rings. The fraction of sp³-hybridized carbons (Fsp3) is 1.00. The van der Waals surface area contributed by atoms with Gasteiger partial charge in [0.05, 0.1) is 0 Å². The highest BCUT2D eigenvalue weighted by atomic mass is 35.5. The van der Waals surface area contributed by atoms with Crippen LogP contribution in [0, 0.1) is 5.92 Å². The van der Waals surface area contributed by atoms with Crippen molar-refractivity contribution in [2.45, 2.75) is 12.2 Å². The highest BCUT2D eigenvalue weighted by Crippen LogP contribution is 2.21. The molecular weight excluding hydrogens is 154 g/mol. The maximum atomic E-state index is 9.27. The smallest absolute Gasteiger partial charge is 0.168 e. The lowest BCUT2D eigenvalue weighted by Crippen LogP contribution is -2.50. The maximum Gasteiger partial charge on any atom is 0.168 e. The molecule has 0 saturated carbocycles. The topological polar surface area (TPSA) is 52.5 Å². The van der Waals surface area contributed by atoms with Gasteiger partial charge in [-0.15, -0.1) is 11.6 Å². The number of hydrogen-bond donors (Lipinski definition) is 3. The molecule has 1 fully saturated rings. The second kappa shape index (κ2) is 3.05. The van der Waals surface area contributed by atoms with Gasteiger partial charge in [0.25, 0.3) is 0 Å². The highest BCUT2D eigenvalue weighted by Gasteiger charge is 2.35. The number of hydrogen-bond acceptors (Lipinski definition) is 3. The van der Waals surface area contributed by atoms with Gasteiger partial charge in [0.1, 0.15) is 0 Å². The second-order valence-corrected chi connectivity index (χ2v) is 2.99. The molecule has 0 bridgehead atoms. The van der Waals surface area contributed by atoms with Gasteiger partial charge in [0, 0.05) is 31.3 Å². The lowest BCUT2D eigenvalue weighted by molar-refractivity contribution is -0.206. The molecule has 60 valence electrons. The first-order valence-corrected chi connectivity index (χ1v) is 3.91. The zero-order valence-electron chi connectivity index (χ0n) is 5.68. The molecule has 0 aliphatic carbocycles. The van der Waals surface area contributed by atoms with Gasteiger partial charge < -0.3 is 15.5 Å². The third-order valence-electron chi connectivity index (χ3n) is 1.90. The molecule has 0 spiro atoms. The first-order valence-electron chi connectivity index (χ1n) is 3.38. The summed E-state index contributed by atoms with van der Waals surface area (Å²) in [6.07, 6.45) is 0.365. The normalized spacial score (nSPS) is 32.1. The average molecular weight is 166 g/mol. The minimum atomic E-state index is -1.55. The van der Waals surface area contributed by atoms with Crippen LogP contribution in [0.1, 0.15) is 6.42 Å². The molecule has 1 unspecified atom stereocenters. The zero-order chi connectivity index (χ0) is 7.61. The molecule has 3 nitrogen and oxygen atoms in total. The van der Waals surface area contributed by atoms with E-state index < -0.39 is 5.79 Å². The predicted octanol–water partition coefficient (Wildman–Crippen LogP) is -0.484. The van der Waals surface area contributed by atoms with Gasteiger partial charge in [-0.25, -0.2) is 0 Å². The largest absolute Gasteiger partial charge is 0.365 e. The summed E-state index contributed by atoms with van der Waals surface area (Å²) in [4.78, 5) is 0. The summed E-state index contributed by atoms with van der Waals surface area (Å²) in [7, 11) is 0. The molecule has 1 heterocycles. The molecule has 10 heavy (non-hydrogen) atoms. The Morgan fingerprint density at radius 3 is 2.70 bits per heavy atom. The Morgan fingerprint density at radius 2 is 2.30 bits per heavy atom. The summed E-state index contributed by atoms with van der Waals surface area (Å²) < 4.78 is 0. The lowest BCUT2D eigenvalue weighted by atomic mass is 9.94. The van der Waals surface area contributed by atoms with Crippen LogP contribution in [0.15, 0.2) is 0 Å². The molecule has 1 aliphatic heterocycles. The van der Waals surface area contributed by atoms with Gasteiger partial charge in [-0.05, 0) is 0 Å². The summed E-state index contributed by atoms with van der Waals surface area (Å²) in [6.45, 7) is 1.25. The monoisotopic (exact) mass is 165 g/mol. The molecule has 0 radical (unpaired) electrons. The van der Waals surface area contributed by atoms with Crippen LogP contribution in [-0.4, -0.2) is 35.0 Å². The van der Waals surface area contributed by atoms with E-state index in [9.17, 15) is 10.2 Å². The van der Waals surface area contributed by atoms with E-state index in [0.29, 0.717) is 25.4 Å². The number of aliphatic hydroxyl groups is 2. The number of piperidine rings is 1. The van der Waals surface area contributed by atoms with Gasteiger partial charge in [-0.3, -0.25) is 0 Å². The second-order valence-electron chi connectivity index (χ2n) is 2.68. The number of halogens is 1. The van der Waals surface area contributed by atoms with Crippen molar-refractivity contribution in [1.29, 1.82) is 0 Å². The Kier molecular flexibility index (Phi) is 2.52. The van der Waals surface area contributed by atoms with Crippen LogP contribution in [0.4, 0.5) is 0 Å². The Balaban J connectivity index is 2.51. The fourth-order valence-corrected chi connectivity index (χ4v) is 1.45. The minimum Gasteiger partial charge on any atom is -0.365 e. The molecule has 0 aromatic heterocycles. The van der Waals surface area contributed by atoms with E-state index in [4.69, 9.17) is 11.6 Å². The van der Waals surface area contributed by atoms with E-state index in [1.807, 2.05) is 0 Å². The van der Waals surface area contributed by atoms with Gasteiger partial charge in [-0.2, -0.15) is 0 Å². The number of nitrogens with one attached hydrogen (secondary N) is 1. The van der Waals surface area contributed by atoms with Crippen LogP contribution in [-0.2, 0) is 0 Å². The van der Waals surface area contributed by atoms with Crippen molar-refractivity contribution in [2.75, 3.05) is 19.0 Å².